The molecule has 13 heavy (non-hydrogen) atoms. The van der Waals surface area contributed by atoms with Gasteiger partial charge in [0.1, 0.15) is 5.54 Å². The quantitative estimate of drug-likeness (QED) is 0.666. The van der Waals surface area contributed by atoms with Crippen LogP contribution in [-0.4, -0.2) is 43.3 Å². The topological polar surface area (TPSA) is 62.3 Å². The number of nitriles is 1. The number of methoxy groups -OCH3 is 1. The molecule has 0 spiro atoms. The first-order chi connectivity index (χ1) is 6.07. The second kappa shape index (κ2) is 4.05. The fourth-order valence-corrected chi connectivity index (χ4v) is 1.63. The molecule has 0 amide bonds. The molecule has 4 heteroatoms. The van der Waals surface area contributed by atoms with Gasteiger partial charge < -0.3 is 10.5 Å². The first-order valence-corrected chi connectivity index (χ1v) is 4.52. The molecule has 4 nitrogen and oxygen atoms in total. The average molecular weight is 183 g/mol. The van der Waals surface area contributed by atoms with Crippen molar-refractivity contribution in [3.63, 3.8) is 0 Å². The van der Waals surface area contributed by atoms with Gasteiger partial charge in [-0.05, 0) is 13.3 Å². The van der Waals surface area contributed by atoms with Crippen molar-refractivity contribution in [1.29, 1.82) is 5.26 Å². The van der Waals surface area contributed by atoms with Gasteiger partial charge in [0.05, 0.1) is 12.2 Å². The minimum absolute atomic E-state index is 0.314. The average Bonchev–Trinajstić information content (AvgIpc) is 2.52. The highest BCUT2D eigenvalue weighted by atomic mass is 16.5. The molecule has 2 unspecified atom stereocenters. The van der Waals surface area contributed by atoms with E-state index in [0.717, 1.165) is 19.5 Å². The highest BCUT2D eigenvalue weighted by Gasteiger charge is 2.28. The smallest absolute Gasteiger partial charge is 0.114 e. The van der Waals surface area contributed by atoms with Gasteiger partial charge >= 0.3 is 0 Å². The van der Waals surface area contributed by atoms with Gasteiger partial charge in [-0.2, -0.15) is 5.26 Å². The monoisotopic (exact) mass is 183 g/mol. The number of rotatable bonds is 3. The molecule has 1 aliphatic rings. The van der Waals surface area contributed by atoms with Crippen molar-refractivity contribution in [3.8, 4) is 6.07 Å². The van der Waals surface area contributed by atoms with Gasteiger partial charge in [-0.1, -0.05) is 0 Å². The molecule has 0 saturated carbocycles. The zero-order valence-corrected chi connectivity index (χ0v) is 8.29. The molecule has 74 valence electrons. The first kappa shape index (κ1) is 10.5. The Hall–Kier alpha value is -0.630. The molecule has 0 aromatic carbocycles. The number of nitrogens with two attached hydrogens (primary N) is 1. The standard InChI is InChI=1S/C9H17N3O/c1-9(11,6-10)7-12-4-3-8(5-12)13-2/h8H,3-5,7,11H2,1-2H3. The SMILES string of the molecule is COC1CCN(CC(C)(N)C#N)C1. The van der Waals surface area contributed by atoms with Crippen LogP contribution in [0.3, 0.4) is 0 Å². The molecule has 1 rings (SSSR count). The molecular formula is C9H17N3O. The molecule has 0 aromatic rings. The summed E-state index contributed by atoms with van der Waals surface area (Å²) in [6, 6.07) is 2.10. The van der Waals surface area contributed by atoms with Crippen LogP contribution in [0.25, 0.3) is 0 Å². The second-order valence-corrected chi connectivity index (χ2v) is 3.91. The molecular weight excluding hydrogens is 166 g/mol. The van der Waals surface area contributed by atoms with Crippen molar-refractivity contribution < 1.29 is 4.74 Å². The fraction of sp³-hybridized carbons (Fsp3) is 0.889. The van der Waals surface area contributed by atoms with E-state index in [1.807, 2.05) is 0 Å². The zero-order chi connectivity index (χ0) is 9.90. The van der Waals surface area contributed by atoms with E-state index in [1.54, 1.807) is 14.0 Å². The van der Waals surface area contributed by atoms with Crippen molar-refractivity contribution in [1.82, 2.24) is 4.90 Å². The molecule has 1 aliphatic heterocycles. The van der Waals surface area contributed by atoms with Gasteiger partial charge in [-0.15, -0.1) is 0 Å². The summed E-state index contributed by atoms with van der Waals surface area (Å²) in [5.74, 6) is 0. The molecule has 0 bridgehead atoms. The van der Waals surface area contributed by atoms with Crippen LogP contribution < -0.4 is 5.73 Å². The van der Waals surface area contributed by atoms with Crippen LogP contribution in [0, 0.1) is 11.3 Å². The Morgan fingerprint density at radius 3 is 2.92 bits per heavy atom. The lowest BCUT2D eigenvalue weighted by Gasteiger charge is -2.23. The van der Waals surface area contributed by atoms with Crippen LogP contribution >= 0.6 is 0 Å². The van der Waals surface area contributed by atoms with Crippen molar-refractivity contribution in [2.75, 3.05) is 26.7 Å². The number of hydrogen-bond donors (Lipinski definition) is 1. The third-order valence-corrected chi connectivity index (χ3v) is 2.37. The van der Waals surface area contributed by atoms with Crippen molar-refractivity contribution in [2.45, 2.75) is 25.0 Å². The van der Waals surface area contributed by atoms with E-state index in [0.29, 0.717) is 12.6 Å². The summed E-state index contributed by atoms with van der Waals surface area (Å²) < 4.78 is 5.22. The third-order valence-electron chi connectivity index (χ3n) is 2.37. The molecule has 1 fully saturated rings. The maximum Gasteiger partial charge on any atom is 0.114 e. The molecule has 1 saturated heterocycles. The Labute approximate surface area is 79.3 Å². The first-order valence-electron chi connectivity index (χ1n) is 4.52. The normalized spacial score (nSPS) is 28.3. The maximum atomic E-state index is 8.74. The molecule has 1 heterocycles. The highest BCUT2D eigenvalue weighted by molar-refractivity contribution is 5.03. The molecule has 0 aliphatic carbocycles. The summed E-state index contributed by atoms with van der Waals surface area (Å²) in [7, 11) is 1.72. The van der Waals surface area contributed by atoms with E-state index in [-0.39, 0.29) is 0 Å². The Morgan fingerprint density at radius 2 is 2.46 bits per heavy atom. The largest absolute Gasteiger partial charge is 0.380 e. The number of ether oxygens (including phenoxy) is 1. The number of nitrogens with zero attached hydrogens (tertiary/aromatic N) is 2. The Bertz CT molecular complexity index is 209. The summed E-state index contributed by atoms with van der Waals surface area (Å²) in [5, 5.41) is 8.74. The summed E-state index contributed by atoms with van der Waals surface area (Å²) in [5.41, 5.74) is 5.01. The Morgan fingerprint density at radius 1 is 1.77 bits per heavy atom. The van der Waals surface area contributed by atoms with Crippen molar-refractivity contribution in [3.05, 3.63) is 0 Å². The van der Waals surface area contributed by atoms with Crippen LogP contribution in [0.2, 0.25) is 0 Å². The third kappa shape index (κ3) is 2.96. The van der Waals surface area contributed by atoms with Crippen LogP contribution in [0.15, 0.2) is 0 Å². The van der Waals surface area contributed by atoms with E-state index >= 15 is 0 Å². The van der Waals surface area contributed by atoms with Gasteiger partial charge in [0.15, 0.2) is 0 Å². The molecule has 0 radical (unpaired) electrons. The van der Waals surface area contributed by atoms with Gasteiger partial charge in [0.25, 0.3) is 0 Å². The number of hydrogen-bond acceptors (Lipinski definition) is 4. The van der Waals surface area contributed by atoms with Gasteiger partial charge in [-0.25, -0.2) is 0 Å². The zero-order valence-electron chi connectivity index (χ0n) is 8.29. The van der Waals surface area contributed by atoms with Crippen LogP contribution in [-0.2, 0) is 4.74 Å². The number of likely N-dealkylation sites (tertiary alicyclic amines) is 1. The molecule has 0 aromatic heterocycles. The van der Waals surface area contributed by atoms with Gasteiger partial charge in [0, 0.05) is 26.7 Å². The van der Waals surface area contributed by atoms with E-state index in [1.165, 1.54) is 0 Å². The lowest BCUT2D eigenvalue weighted by molar-refractivity contribution is 0.106. The van der Waals surface area contributed by atoms with Crippen LogP contribution in [0.1, 0.15) is 13.3 Å². The predicted molar refractivity (Wildman–Crippen MR) is 50.1 cm³/mol. The summed E-state index contributed by atoms with van der Waals surface area (Å²) >= 11 is 0. The van der Waals surface area contributed by atoms with Crippen LogP contribution in [0.4, 0.5) is 0 Å². The van der Waals surface area contributed by atoms with E-state index in [2.05, 4.69) is 11.0 Å². The van der Waals surface area contributed by atoms with Gasteiger partial charge in [0.2, 0.25) is 0 Å². The minimum atomic E-state index is -0.734. The second-order valence-electron chi connectivity index (χ2n) is 3.91. The van der Waals surface area contributed by atoms with E-state index in [9.17, 15) is 0 Å². The van der Waals surface area contributed by atoms with Crippen LogP contribution in [0.5, 0.6) is 0 Å². The summed E-state index contributed by atoms with van der Waals surface area (Å²) in [4.78, 5) is 2.18. The fourth-order valence-electron chi connectivity index (χ4n) is 1.63. The predicted octanol–water partition coefficient (Wildman–Crippen LogP) is -0.0519. The molecule has 2 N–H and O–H groups in total. The highest BCUT2D eigenvalue weighted by Crippen LogP contribution is 2.13. The summed E-state index contributed by atoms with van der Waals surface area (Å²) in [6.07, 6.45) is 1.35. The maximum absolute atomic E-state index is 8.74. The minimum Gasteiger partial charge on any atom is -0.380 e. The van der Waals surface area contributed by atoms with Gasteiger partial charge in [-0.3, -0.25) is 4.90 Å². The van der Waals surface area contributed by atoms with Crippen molar-refractivity contribution >= 4 is 0 Å². The van der Waals surface area contributed by atoms with E-state index in [4.69, 9.17) is 15.7 Å². The molecule has 2 atom stereocenters. The lowest BCUT2D eigenvalue weighted by Crippen LogP contribution is -2.46. The lowest BCUT2D eigenvalue weighted by atomic mass is 10.1. The van der Waals surface area contributed by atoms with E-state index < -0.39 is 5.54 Å². The van der Waals surface area contributed by atoms with Crippen molar-refractivity contribution in [2.24, 2.45) is 5.73 Å². The Balaban J connectivity index is 2.37. The summed E-state index contributed by atoms with van der Waals surface area (Å²) in [6.45, 7) is 4.26. The Kier molecular flexibility index (Phi) is 3.26.